The Balaban J connectivity index is 1.89. The molecule has 0 aliphatic heterocycles. The molecule has 3 aromatic rings. The number of carbonyl (C=O) groups excluding carboxylic acids is 2. The lowest BCUT2D eigenvalue weighted by Crippen LogP contribution is -2.33. The van der Waals surface area contributed by atoms with Crippen molar-refractivity contribution in [2.24, 2.45) is 0 Å². The van der Waals surface area contributed by atoms with Gasteiger partial charge in [-0.15, -0.1) is 13.2 Å². The van der Waals surface area contributed by atoms with Crippen molar-refractivity contribution in [2.45, 2.75) is 12.9 Å². The van der Waals surface area contributed by atoms with Crippen molar-refractivity contribution in [1.29, 1.82) is 0 Å². The van der Waals surface area contributed by atoms with Crippen molar-refractivity contribution in [3.8, 4) is 17.5 Å². The molecule has 1 heterocycles. The highest BCUT2D eigenvalue weighted by Crippen LogP contribution is 2.32. The van der Waals surface area contributed by atoms with Gasteiger partial charge in [0.15, 0.2) is 23.0 Å². The summed E-state index contributed by atoms with van der Waals surface area (Å²) in [6, 6.07) is 12.1. The molecule has 2 aromatic carbocycles. The lowest BCUT2D eigenvalue weighted by atomic mass is 10.2. The molecule has 1 aromatic heterocycles. The summed E-state index contributed by atoms with van der Waals surface area (Å²) >= 11 is 5.99. The average Bonchev–Trinajstić information content (AvgIpc) is 3.24. The number of hydrogen-bond donors (Lipinski definition) is 1. The van der Waals surface area contributed by atoms with Crippen LogP contribution in [0.2, 0.25) is 5.02 Å². The Labute approximate surface area is 227 Å². The minimum Gasteiger partial charge on any atom is -0.486 e. The number of aliphatic hydroxyl groups excluding tert-OH is 1. The van der Waals surface area contributed by atoms with Gasteiger partial charge in [-0.05, 0) is 29.8 Å². The molecule has 0 saturated heterocycles. The fourth-order valence-electron chi connectivity index (χ4n) is 3.45. The van der Waals surface area contributed by atoms with Crippen LogP contribution in [0.5, 0.6) is 17.5 Å². The number of nitrogens with zero attached hydrogens (tertiary/aromatic N) is 4. The summed E-state index contributed by atoms with van der Waals surface area (Å²) in [6.07, 6.45) is -4.42. The van der Waals surface area contributed by atoms with Crippen LogP contribution in [0.4, 0.5) is 19.0 Å². The molecule has 0 unspecified atom stereocenters. The molecule has 0 aliphatic rings. The molecule has 210 valence electrons. The number of alkyl halides is 3. The summed E-state index contributed by atoms with van der Waals surface area (Å²) < 4.78 is 54.7. The summed E-state index contributed by atoms with van der Waals surface area (Å²) in [6.45, 7) is -0.532. The summed E-state index contributed by atoms with van der Waals surface area (Å²) in [5.74, 6) is -1.18. The molecule has 0 saturated carbocycles. The van der Waals surface area contributed by atoms with E-state index >= 15 is 0 Å². The van der Waals surface area contributed by atoms with Gasteiger partial charge in [0.25, 0.3) is 11.9 Å². The van der Waals surface area contributed by atoms with E-state index in [-0.39, 0.29) is 56.2 Å². The molecule has 0 aliphatic carbocycles. The van der Waals surface area contributed by atoms with Crippen molar-refractivity contribution < 1.29 is 42.1 Å². The number of benzene rings is 2. The van der Waals surface area contributed by atoms with E-state index in [0.29, 0.717) is 11.4 Å². The number of aromatic nitrogens is 2. The Kier molecular flexibility index (Phi) is 10.0. The van der Waals surface area contributed by atoms with E-state index in [1.165, 1.54) is 41.8 Å². The van der Waals surface area contributed by atoms with Gasteiger partial charge in [0.05, 0.1) is 13.2 Å². The number of aliphatic hydroxyl groups is 1. The van der Waals surface area contributed by atoms with E-state index in [0.717, 1.165) is 16.5 Å². The highest BCUT2D eigenvalue weighted by Gasteiger charge is 2.32. The number of hydrogen-bond acceptors (Lipinski definition) is 7. The van der Waals surface area contributed by atoms with Gasteiger partial charge < -0.3 is 29.1 Å². The van der Waals surface area contributed by atoms with Gasteiger partial charge in [-0.2, -0.15) is 4.98 Å². The van der Waals surface area contributed by atoms with Crippen LogP contribution in [0, 0.1) is 0 Å². The van der Waals surface area contributed by atoms with Gasteiger partial charge >= 0.3 is 6.36 Å². The van der Waals surface area contributed by atoms with Crippen LogP contribution >= 0.6 is 11.6 Å². The van der Waals surface area contributed by atoms with E-state index < -0.39 is 18.0 Å². The molecule has 2 amide bonds. The summed E-state index contributed by atoms with van der Waals surface area (Å²) in [5, 5.41) is 9.81. The highest BCUT2D eigenvalue weighted by molar-refractivity contribution is 6.30. The first-order valence-corrected chi connectivity index (χ1v) is 11.9. The van der Waals surface area contributed by atoms with Crippen molar-refractivity contribution >= 4 is 29.7 Å². The minimum atomic E-state index is -4.89. The number of ether oxygens (including phenoxy) is 3. The molecule has 3 rings (SSSR count). The lowest BCUT2D eigenvalue weighted by Gasteiger charge is -2.19. The van der Waals surface area contributed by atoms with Crippen molar-refractivity contribution in [3.63, 3.8) is 0 Å². The molecule has 14 heteroatoms. The summed E-state index contributed by atoms with van der Waals surface area (Å²) in [5.41, 5.74) is 0.755. The molecule has 39 heavy (non-hydrogen) atoms. The smallest absolute Gasteiger partial charge is 0.486 e. The highest BCUT2D eigenvalue weighted by atomic mass is 35.5. The van der Waals surface area contributed by atoms with Gasteiger partial charge in [0.2, 0.25) is 6.41 Å². The number of anilines is 1. The third-order valence-corrected chi connectivity index (χ3v) is 5.54. The van der Waals surface area contributed by atoms with Crippen LogP contribution in [0.1, 0.15) is 16.1 Å². The van der Waals surface area contributed by atoms with Crippen LogP contribution in [0.25, 0.3) is 0 Å². The number of para-hydroxylation sites is 2. The van der Waals surface area contributed by atoms with Crippen LogP contribution in [-0.4, -0.2) is 78.7 Å². The second-order valence-electron chi connectivity index (χ2n) is 8.14. The molecule has 1 N–H and O–H groups in total. The van der Waals surface area contributed by atoms with E-state index in [2.05, 4.69) is 9.72 Å². The quantitative estimate of drug-likeness (QED) is 0.247. The largest absolute Gasteiger partial charge is 0.573 e. The average molecular weight is 571 g/mol. The Morgan fingerprint density at radius 1 is 1.08 bits per heavy atom. The second kappa shape index (κ2) is 13.2. The van der Waals surface area contributed by atoms with Gasteiger partial charge in [-0.25, -0.2) is 0 Å². The first-order valence-electron chi connectivity index (χ1n) is 11.5. The first kappa shape index (κ1) is 29.6. The molecule has 0 atom stereocenters. The van der Waals surface area contributed by atoms with Gasteiger partial charge in [0.1, 0.15) is 13.2 Å². The molecule has 0 spiro atoms. The summed E-state index contributed by atoms with van der Waals surface area (Å²) in [4.78, 5) is 31.6. The van der Waals surface area contributed by atoms with Gasteiger partial charge in [-0.3, -0.25) is 14.2 Å². The zero-order valence-corrected chi connectivity index (χ0v) is 21.8. The number of halogens is 4. The van der Waals surface area contributed by atoms with Gasteiger partial charge in [0, 0.05) is 25.7 Å². The molecule has 0 bridgehead atoms. The Hall–Kier alpha value is -3.97. The topological polar surface area (TPSA) is 106 Å². The van der Waals surface area contributed by atoms with Crippen molar-refractivity contribution in [2.75, 3.05) is 45.4 Å². The number of carbonyl (C=O) groups is 2. The maximum atomic E-state index is 13.3. The van der Waals surface area contributed by atoms with Crippen molar-refractivity contribution in [1.82, 2.24) is 14.5 Å². The van der Waals surface area contributed by atoms with Gasteiger partial charge in [-0.1, -0.05) is 35.9 Å². The molecular formula is C25H26ClF3N4O6. The zero-order chi connectivity index (χ0) is 28.6. The van der Waals surface area contributed by atoms with Crippen LogP contribution in [0.3, 0.4) is 0 Å². The van der Waals surface area contributed by atoms with E-state index in [4.69, 9.17) is 21.1 Å². The Morgan fingerprint density at radius 3 is 2.33 bits per heavy atom. The molecule has 0 radical (unpaired) electrons. The number of amides is 2. The molecule has 10 nitrogen and oxygen atoms in total. The first-order chi connectivity index (χ1) is 18.5. The SMILES string of the molecule is CN(CCO)C(=O)c1c(N(C)C=O)nc(OCCOc2ccccc2OC(F)(F)F)n1Cc1ccc(Cl)cc1. The van der Waals surface area contributed by atoms with Crippen LogP contribution < -0.4 is 19.1 Å². The minimum absolute atomic E-state index is 0.00796. The Bertz CT molecular complexity index is 1270. The van der Waals surface area contributed by atoms with Crippen LogP contribution in [0.15, 0.2) is 48.5 Å². The maximum absolute atomic E-state index is 13.3. The summed E-state index contributed by atoms with van der Waals surface area (Å²) in [7, 11) is 2.90. The third-order valence-electron chi connectivity index (χ3n) is 5.29. The Morgan fingerprint density at radius 2 is 1.72 bits per heavy atom. The van der Waals surface area contributed by atoms with Crippen LogP contribution in [-0.2, 0) is 11.3 Å². The number of rotatable bonds is 13. The number of imidazole rings is 1. The fraction of sp³-hybridized carbons (Fsp3) is 0.320. The van der Waals surface area contributed by atoms with E-state index in [1.54, 1.807) is 24.3 Å². The normalized spacial score (nSPS) is 11.2. The molecular weight excluding hydrogens is 545 g/mol. The van der Waals surface area contributed by atoms with E-state index in [9.17, 15) is 27.9 Å². The standard InChI is InChI=1S/C25H26ClF3N4O6/c1-31(11-12-34)23(36)21-22(32(2)16-35)30-24(33(21)15-17-7-9-18(26)10-8-17)38-14-13-37-19-5-3-4-6-20(19)39-25(27,28)29/h3-10,16,34H,11-15H2,1-2H3. The maximum Gasteiger partial charge on any atom is 0.573 e. The third kappa shape index (κ3) is 8.01. The predicted octanol–water partition coefficient (Wildman–Crippen LogP) is 3.60. The van der Waals surface area contributed by atoms with E-state index in [1.807, 2.05) is 0 Å². The monoisotopic (exact) mass is 570 g/mol. The number of likely N-dealkylation sites (N-methyl/N-ethyl adjacent to an activating group) is 1. The lowest BCUT2D eigenvalue weighted by molar-refractivity contribution is -0.275. The zero-order valence-electron chi connectivity index (χ0n) is 21.0. The predicted molar refractivity (Wildman–Crippen MR) is 135 cm³/mol. The molecule has 0 fully saturated rings. The fourth-order valence-corrected chi connectivity index (χ4v) is 3.58. The van der Waals surface area contributed by atoms with Crippen molar-refractivity contribution in [3.05, 3.63) is 64.8 Å². The second-order valence-corrected chi connectivity index (χ2v) is 8.57.